The number of hydrogen-bond donors (Lipinski definition) is 1. The van der Waals surface area contributed by atoms with Crippen molar-refractivity contribution in [3.8, 4) is 0 Å². The first-order valence-corrected chi connectivity index (χ1v) is 5.94. The lowest BCUT2D eigenvalue weighted by Crippen LogP contribution is -2.18. The van der Waals surface area contributed by atoms with Gasteiger partial charge in [0.05, 0.1) is 10.7 Å². The van der Waals surface area contributed by atoms with E-state index >= 15 is 0 Å². The predicted molar refractivity (Wildman–Crippen MR) is 64.9 cm³/mol. The summed E-state index contributed by atoms with van der Waals surface area (Å²) >= 11 is 1.58. The molecule has 2 rings (SSSR count). The molecule has 1 unspecified atom stereocenters. The van der Waals surface area contributed by atoms with Crippen molar-refractivity contribution in [2.75, 3.05) is 0 Å². The van der Waals surface area contributed by atoms with E-state index in [1.807, 2.05) is 13.8 Å². The molecule has 0 aliphatic heterocycles. The molecule has 0 saturated carbocycles. The SMILES string of the molecule is Cc1ncc(C(C)c2nccnc2C(N)=O)s1. The van der Waals surface area contributed by atoms with Crippen LogP contribution in [0.4, 0.5) is 0 Å². The number of aromatic nitrogens is 3. The quantitative estimate of drug-likeness (QED) is 0.892. The summed E-state index contributed by atoms with van der Waals surface area (Å²) in [5.41, 5.74) is 6.11. The van der Waals surface area contributed by atoms with Crippen LogP contribution in [0.5, 0.6) is 0 Å². The van der Waals surface area contributed by atoms with E-state index in [4.69, 9.17) is 5.73 Å². The summed E-state index contributed by atoms with van der Waals surface area (Å²) in [7, 11) is 0. The Labute approximate surface area is 103 Å². The van der Waals surface area contributed by atoms with Gasteiger partial charge < -0.3 is 5.73 Å². The number of carbonyl (C=O) groups is 1. The van der Waals surface area contributed by atoms with Crippen LogP contribution in [0, 0.1) is 6.92 Å². The van der Waals surface area contributed by atoms with Crippen molar-refractivity contribution in [1.29, 1.82) is 0 Å². The zero-order chi connectivity index (χ0) is 12.4. The van der Waals surface area contributed by atoms with Gasteiger partial charge in [0.1, 0.15) is 5.69 Å². The van der Waals surface area contributed by atoms with Crippen LogP contribution in [0.25, 0.3) is 0 Å². The number of nitrogens with zero attached hydrogens (tertiary/aromatic N) is 3. The number of carbonyl (C=O) groups excluding carboxylic acids is 1. The monoisotopic (exact) mass is 248 g/mol. The Kier molecular flexibility index (Phi) is 3.14. The topological polar surface area (TPSA) is 81.8 Å². The van der Waals surface area contributed by atoms with E-state index < -0.39 is 5.91 Å². The van der Waals surface area contributed by atoms with Gasteiger partial charge >= 0.3 is 0 Å². The molecule has 0 spiro atoms. The van der Waals surface area contributed by atoms with Crippen molar-refractivity contribution >= 4 is 17.2 Å². The lowest BCUT2D eigenvalue weighted by molar-refractivity contribution is 0.0994. The fourth-order valence-electron chi connectivity index (χ4n) is 1.57. The van der Waals surface area contributed by atoms with Crippen molar-refractivity contribution in [2.24, 2.45) is 5.73 Å². The van der Waals surface area contributed by atoms with E-state index in [0.29, 0.717) is 5.69 Å². The van der Waals surface area contributed by atoms with E-state index in [-0.39, 0.29) is 11.6 Å². The third kappa shape index (κ3) is 2.31. The lowest BCUT2D eigenvalue weighted by Gasteiger charge is -2.10. The number of hydrogen-bond acceptors (Lipinski definition) is 5. The van der Waals surface area contributed by atoms with Crippen LogP contribution in [0.1, 0.15) is 38.9 Å². The van der Waals surface area contributed by atoms with Crippen LogP contribution in [-0.4, -0.2) is 20.9 Å². The lowest BCUT2D eigenvalue weighted by atomic mass is 10.0. The zero-order valence-electron chi connectivity index (χ0n) is 9.54. The standard InChI is InChI=1S/C11H12N4OS/c1-6(8-5-15-7(2)17-8)9-10(11(12)16)14-4-3-13-9/h3-6H,1-2H3,(H2,12,16). The molecule has 2 aromatic heterocycles. The number of nitrogens with two attached hydrogens (primary N) is 1. The summed E-state index contributed by atoms with van der Waals surface area (Å²) in [6, 6.07) is 0. The number of rotatable bonds is 3. The highest BCUT2D eigenvalue weighted by Gasteiger charge is 2.19. The van der Waals surface area contributed by atoms with Gasteiger partial charge in [-0.3, -0.25) is 9.78 Å². The van der Waals surface area contributed by atoms with Gasteiger partial charge in [0.15, 0.2) is 0 Å². The minimum Gasteiger partial charge on any atom is -0.364 e. The summed E-state index contributed by atoms with van der Waals surface area (Å²) in [4.78, 5) is 24.7. The van der Waals surface area contributed by atoms with Crippen LogP contribution in [-0.2, 0) is 0 Å². The van der Waals surface area contributed by atoms with Gasteiger partial charge in [-0.05, 0) is 6.92 Å². The summed E-state index contributed by atoms with van der Waals surface area (Å²) < 4.78 is 0. The van der Waals surface area contributed by atoms with Gasteiger partial charge in [-0.15, -0.1) is 11.3 Å². The molecule has 0 bridgehead atoms. The number of amides is 1. The van der Waals surface area contributed by atoms with Crippen LogP contribution >= 0.6 is 11.3 Å². The molecular weight excluding hydrogens is 236 g/mol. The van der Waals surface area contributed by atoms with Gasteiger partial charge in [0.25, 0.3) is 5.91 Å². The minimum absolute atomic E-state index is 0.0302. The molecule has 88 valence electrons. The van der Waals surface area contributed by atoms with Gasteiger partial charge in [-0.25, -0.2) is 9.97 Å². The normalized spacial score (nSPS) is 12.4. The Bertz CT molecular complexity index is 552. The van der Waals surface area contributed by atoms with Crippen molar-refractivity contribution in [2.45, 2.75) is 19.8 Å². The second-order valence-electron chi connectivity index (χ2n) is 3.66. The largest absolute Gasteiger partial charge is 0.364 e. The van der Waals surface area contributed by atoms with Gasteiger partial charge in [-0.2, -0.15) is 0 Å². The smallest absolute Gasteiger partial charge is 0.269 e. The second-order valence-corrected chi connectivity index (χ2v) is 4.92. The van der Waals surface area contributed by atoms with Crippen LogP contribution in [0.2, 0.25) is 0 Å². The minimum atomic E-state index is -0.554. The Morgan fingerprint density at radius 2 is 2.06 bits per heavy atom. The Morgan fingerprint density at radius 3 is 2.65 bits per heavy atom. The fraction of sp³-hybridized carbons (Fsp3) is 0.273. The summed E-state index contributed by atoms with van der Waals surface area (Å²) in [5, 5.41) is 0.983. The molecular formula is C11H12N4OS. The highest BCUT2D eigenvalue weighted by Crippen LogP contribution is 2.28. The molecule has 5 nitrogen and oxygen atoms in total. The number of thiazole rings is 1. The van der Waals surface area contributed by atoms with Gasteiger partial charge in [0, 0.05) is 29.4 Å². The maximum Gasteiger partial charge on any atom is 0.269 e. The first-order chi connectivity index (χ1) is 8.09. The zero-order valence-corrected chi connectivity index (χ0v) is 10.4. The number of primary amides is 1. The molecule has 0 aromatic carbocycles. The van der Waals surface area contributed by atoms with Gasteiger partial charge in [-0.1, -0.05) is 6.92 Å². The Morgan fingerprint density at radius 1 is 1.35 bits per heavy atom. The van der Waals surface area contributed by atoms with Gasteiger partial charge in [0.2, 0.25) is 0 Å². The van der Waals surface area contributed by atoms with Crippen molar-refractivity contribution < 1.29 is 4.79 Å². The maximum atomic E-state index is 11.3. The molecule has 0 aliphatic rings. The molecule has 0 radical (unpaired) electrons. The average molecular weight is 248 g/mol. The third-order valence-corrected chi connectivity index (χ3v) is 3.53. The molecule has 17 heavy (non-hydrogen) atoms. The highest BCUT2D eigenvalue weighted by atomic mass is 32.1. The van der Waals surface area contributed by atoms with E-state index in [1.54, 1.807) is 23.7 Å². The second kappa shape index (κ2) is 4.58. The number of aryl methyl sites for hydroxylation is 1. The average Bonchev–Trinajstić information content (AvgIpc) is 2.75. The first-order valence-electron chi connectivity index (χ1n) is 5.12. The fourth-order valence-corrected chi connectivity index (χ4v) is 2.41. The molecule has 0 saturated heterocycles. The van der Waals surface area contributed by atoms with Crippen LogP contribution < -0.4 is 5.73 Å². The summed E-state index contributed by atoms with van der Waals surface area (Å²) in [6.45, 7) is 3.90. The van der Waals surface area contributed by atoms with Crippen molar-refractivity contribution in [3.63, 3.8) is 0 Å². The highest BCUT2D eigenvalue weighted by molar-refractivity contribution is 7.11. The molecule has 2 aromatic rings. The molecule has 0 aliphatic carbocycles. The predicted octanol–water partition coefficient (Wildman–Crippen LogP) is 1.49. The Balaban J connectivity index is 2.43. The van der Waals surface area contributed by atoms with Crippen molar-refractivity contribution in [1.82, 2.24) is 15.0 Å². The molecule has 1 atom stereocenters. The summed E-state index contributed by atoms with van der Waals surface area (Å²) in [5.74, 6) is -0.585. The van der Waals surface area contributed by atoms with Crippen LogP contribution in [0.3, 0.4) is 0 Å². The van der Waals surface area contributed by atoms with Crippen LogP contribution in [0.15, 0.2) is 18.6 Å². The molecule has 6 heteroatoms. The molecule has 0 fully saturated rings. The molecule has 2 heterocycles. The van der Waals surface area contributed by atoms with E-state index in [1.165, 1.54) is 6.20 Å². The molecule has 1 amide bonds. The third-order valence-electron chi connectivity index (χ3n) is 2.44. The summed E-state index contributed by atoms with van der Waals surface area (Å²) in [6.07, 6.45) is 4.82. The van der Waals surface area contributed by atoms with Crippen molar-refractivity contribution in [3.05, 3.63) is 39.9 Å². The van der Waals surface area contributed by atoms with E-state index in [9.17, 15) is 4.79 Å². The molecule has 2 N–H and O–H groups in total. The first kappa shape index (κ1) is 11.7. The van der Waals surface area contributed by atoms with E-state index in [2.05, 4.69) is 15.0 Å². The maximum absolute atomic E-state index is 11.3. The Hall–Kier alpha value is -1.82. The van der Waals surface area contributed by atoms with E-state index in [0.717, 1.165) is 9.88 Å².